The summed E-state index contributed by atoms with van der Waals surface area (Å²) in [7, 11) is 0. The third-order valence-corrected chi connectivity index (χ3v) is 11.7. The van der Waals surface area contributed by atoms with Crippen molar-refractivity contribution < 1.29 is 14.6 Å². The Morgan fingerprint density at radius 2 is 1.75 bits per heavy atom. The summed E-state index contributed by atoms with van der Waals surface area (Å²) in [6.45, 7) is 6.93. The van der Waals surface area contributed by atoms with E-state index in [4.69, 9.17) is 4.74 Å². The molecule has 156 valence electrons. The zero-order valence-electron chi connectivity index (χ0n) is 18.0. The molecule has 3 nitrogen and oxygen atoms in total. The largest absolute Gasteiger partial charge is 0.393 e. The zero-order chi connectivity index (χ0) is 19.5. The van der Waals surface area contributed by atoms with E-state index in [9.17, 15) is 9.90 Å². The number of fused-ring (bicyclic) bond motifs is 6. The van der Waals surface area contributed by atoms with Gasteiger partial charge in [0, 0.05) is 17.3 Å². The molecular formula is C25H38O3. The molecule has 0 bridgehead atoms. The first kappa shape index (κ1) is 18.4. The lowest BCUT2D eigenvalue weighted by Crippen LogP contribution is -2.60. The smallest absolute Gasteiger partial charge is 0.136 e. The zero-order valence-corrected chi connectivity index (χ0v) is 18.0. The van der Waals surface area contributed by atoms with Gasteiger partial charge in [0.15, 0.2) is 0 Å². The highest BCUT2D eigenvalue weighted by molar-refractivity contribution is 5.84. The van der Waals surface area contributed by atoms with Crippen LogP contribution in [0, 0.1) is 39.9 Å². The highest BCUT2D eigenvalue weighted by Crippen LogP contribution is 2.77. The molecule has 0 aromatic rings. The topological polar surface area (TPSA) is 49.8 Å². The Morgan fingerprint density at radius 3 is 2.54 bits per heavy atom. The van der Waals surface area contributed by atoms with E-state index in [0.29, 0.717) is 23.7 Å². The van der Waals surface area contributed by atoms with Crippen molar-refractivity contribution in [3.05, 3.63) is 0 Å². The summed E-state index contributed by atoms with van der Waals surface area (Å²) in [4.78, 5) is 13.2. The van der Waals surface area contributed by atoms with E-state index in [1.165, 1.54) is 44.9 Å². The first-order valence-electron chi connectivity index (χ1n) is 12.2. The standard InChI is InChI=1S/C25H38O3/c1-15(26)24-9-5-4-6-16(24)12-20-18-13-21-25(28-21)14-17(27)7-10-23(25,3)19(18)8-11-22(20,24)2/h16-21,27H,4-14H2,1-3H3/t16-,17+,18+,19-,20+,21-,22+,23-,24+,25-/m1/s1. The third kappa shape index (κ3) is 1.84. The molecule has 0 amide bonds. The number of Topliss-reactive ketones (excluding diaryl/α,β-unsaturated/α-hetero) is 1. The van der Waals surface area contributed by atoms with Crippen molar-refractivity contribution in [2.75, 3.05) is 0 Å². The van der Waals surface area contributed by atoms with Crippen molar-refractivity contribution >= 4 is 5.78 Å². The third-order valence-electron chi connectivity index (χ3n) is 11.7. The minimum atomic E-state index is -0.168. The number of aliphatic hydroxyl groups is 1. The number of aliphatic hydroxyl groups excluding tert-OH is 1. The van der Waals surface area contributed by atoms with Gasteiger partial charge in [-0.05, 0) is 87.4 Å². The molecule has 1 heterocycles. The Labute approximate surface area is 170 Å². The molecule has 1 spiro atoms. The number of rotatable bonds is 1. The van der Waals surface area contributed by atoms with Crippen LogP contribution in [0.4, 0.5) is 0 Å². The van der Waals surface area contributed by atoms with Gasteiger partial charge in [0.2, 0.25) is 0 Å². The first-order valence-corrected chi connectivity index (χ1v) is 12.2. The predicted octanol–water partition coefficient (Wildman–Crippen LogP) is 4.90. The van der Waals surface area contributed by atoms with Crippen molar-refractivity contribution in [1.29, 1.82) is 0 Å². The summed E-state index contributed by atoms with van der Waals surface area (Å²) in [5.41, 5.74) is 0.371. The van der Waals surface area contributed by atoms with Gasteiger partial charge < -0.3 is 9.84 Å². The van der Waals surface area contributed by atoms with Gasteiger partial charge in [-0.1, -0.05) is 26.7 Å². The van der Waals surface area contributed by atoms with Gasteiger partial charge in [-0.15, -0.1) is 0 Å². The van der Waals surface area contributed by atoms with E-state index >= 15 is 0 Å². The molecule has 0 aromatic heterocycles. The summed E-state index contributed by atoms with van der Waals surface area (Å²) in [6.07, 6.45) is 13.1. The average Bonchev–Trinajstić information content (AvgIpc) is 3.27. The molecule has 1 aliphatic heterocycles. The van der Waals surface area contributed by atoms with Crippen LogP contribution in [0.5, 0.6) is 0 Å². The molecule has 0 radical (unpaired) electrons. The molecule has 6 fully saturated rings. The van der Waals surface area contributed by atoms with E-state index in [1.54, 1.807) is 0 Å². The molecule has 5 aliphatic carbocycles. The lowest BCUT2D eigenvalue weighted by Gasteiger charge is -2.61. The number of carbonyl (C=O) groups is 1. The van der Waals surface area contributed by atoms with Crippen LogP contribution < -0.4 is 0 Å². The van der Waals surface area contributed by atoms with Crippen LogP contribution in [-0.2, 0) is 9.53 Å². The minimum Gasteiger partial charge on any atom is -0.393 e. The first-order chi connectivity index (χ1) is 13.3. The van der Waals surface area contributed by atoms with Crippen LogP contribution in [0.2, 0.25) is 0 Å². The summed E-state index contributed by atoms with van der Waals surface area (Å²) in [5, 5.41) is 10.4. The molecule has 28 heavy (non-hydrogen) atoms. The van der Waals surface area contributed by atoms with Crippen LogP contribution >= 0.6 is 0 Å². The highest BCUT2D eigenvalue weighted by atomic mass is 16.6. The number of hydrogen-bond acceptors (Lipinski definition) is 3. The fourth-order valence-corrected chi connectivity index (χ4v) is 10.5. The van der Waals surface area contributed by atoms with Crippen LogP contribution in [-0.4, -0.2) is 28.7 Å². The Morgan fingerprint density at radius 1 is 0.964 bits per heavy atom. The predicted molar refractivity (Wildman–Crippen MR) is 108 cm³/mol. The van der Waals surface area contributed by atoms with Crippen molar-refractivity contribution in [1.82, 2.24) is 0 Å². The van der Waals surface area contributed by atoms with Crippen LogP contribution in [0.1, 0.15) is 91.4 Å². The number of carbonyl (C=O) groups excluding carboxylic acids is 1. The molecule has 3 heteroatoms. The van der Waals surface area contributed by atoms with Crippen molar-refractivity contribution in [2.45, 2.75) is 109 Å². The lowest BCUT2D eigenvalue weighted by molar-refractivity contribution is -0.154. The van der Waals surface area contributed by atoms with Crippen LogP contribution in [0.25, 0.3) is 0 Å². The quantitative estimate of drug-likeness (QED) is 0.652. The Bertz CT molecular complexity index is 719. The number of ketones is 1. The Balaban J connectivity index is 1.40. The molecule has 0 unspecified atom stereocenters. The summed E-state index contributed by atoms with van der Waals surface area (Å²) in [5.74, 6) is 3.27. The van der Waals surface area contributed by atoms with E-state index < -0.39 is 0 Å². The van der Waals surface area contributed by atoms with Crippen LogP contribution in [0.15, 0.2) is 0 Å². The molecule has 6 aliphatic rings. The van der Waals surface area contributed by atoms with Gasteiger partial charge >= 0.3 is 0 Å². The number of ether oxygens (including phenoxy) is 1. The molecule has 1 saturated heterocycles. The Kier molecular flexibility index (Phi) is 3.57. The second-order valence-corrected chi connectivity index (χ2v) is 12.1. The second-order valence-electron chi connectivity index (χ2n) is 12.1. The maximum Gasteiger partial charge on any atom is 0.136 e. The fraction of sp³-hybridized carbons (Fsp3) is 0.960. The molecule has 10 atom stereocenters. The summed E-state index contributed by atoms with van der Waals surface area (Å²) < 4.78 is 6.48. The minimum absolute atomic E-state index is 0.0246. The molecular weight excluding hydrogens is 348 g/mol. The monoisotopic (exact) mass is 386 g/mol. The number of epoxide rings is 1. The van der Waals surface area contributed by atoms with E-state index in [-0.39, 0.29) is 27.9 Å². The fourth-order valence-electron chi connectivity index (χ4n) is 10.5. The molecule has 1 N–H and O–H groups in total. The van der Waals surface area contributed by atoms with Gasteiger partial charge in [-0.2, -0.15) is 0 Å². The van der Waals surface area contributed by atoms with Gasteiger partial charge in [-0.25, -0.2) is 0 Å². The maximum absolute atomic E-state index is 13.2. The van der Waals surface area contributed by atoms with Crippen molar-refractivity contribution in [2.24, 2.45) is 39.9 Å². The Hall–Kier alpha value is -0.410. The molecule has 0 aromatic carbocycles. The van der Waals surface area contributed by atoms with E-state index in [0.717, 1.165) is 37.5 Å². The molecule has 6 rings (SSSR count). The van der Waals surface area contributed by atoms with E-state index in [1.807, 2.05) is 6.92 Å². The lowest BCUT2D eigenvalue weighted by atomic mass is 9.42. The normalized spacial score (nSPS) is 62.0. The summed E-state index contributed by atoms with van der Waals surface area (Å²) >= 11 is 0. The van der Waals surface area contributed by atoms with Gasteiger partial charge in [0.25, 0.3) is 0 Å². The second kappa shape index (κ2) is 5.44. The van der Waals surface area contributed by atoms with Crippen LogP contribution in [0.3, 0.4) is 0 Å². The van der Waals surface area contributed by atoms with E-state index in [2.05, 4.69) is 13.8 Å². The number of hydrogen-bond donors (Lipinski definition) is 1. The van der Waals surface area contributed by atoms with Gasteiger partial charge in [0.1, 0.15) is 11.4 Å². The van der Waals surface area contributed by atoms with Crippen molar-refractivity contribution in [3.8, 4) is 0 Å². The highest BCUT2D eigenvalue weighted by Gasteiger charge is 2.77. The van der Waals surface area contributed by atoms with Gasteiger partial charge in [0.05, 0.1) is 12.2 Å². The SMILES string of the molecule is CC(=O)[C@@]12CCCC[C@@H]1C[C@H]1[C@H]3C[C@H]4O[C@]45C[C@@H](O)CC[C@]5(C)[C@@H]3CC[C@@]12C. The maximum atomic E-state index is 13.2. The summed E-state index contributed by atoms with van der Waals surface area (Å²) in [6, 6.07) is 0. The van der Waals surface area contributed by atoms with Crippen molar-refractivity contribution in [3.63, 3.8) is 0 Å². The average molecular weight is 387 g/mol. The van der Waals surface area contributed by atoms with Gasteiger partial charge in [-0.3, -0.25) is 4.79 Å². The molecule has 5 saturated carbocycles.